The molecule has 2 aromatic rings. The van der Waals surface area contributed by atoms with Crippen molar-refractivity contribution >= 4 is 17.9 Å². The summed E-state index contributed by atoms with van der Waals surface area (Å²) in [5.74, 6) is 0. The van der Waals surface area contributed by atoms with Crippen LogP contribution in [0.4, 0.5) is 0 Å². The zero-order valence-electron chi connectivity index (χ0n) is 9.77. The monoisotopic (exact) mass is 248 g/mol. The summed E-state index contributed by atoms with van der Waals surface area (Å²) in [6.45, 7) is 4.89. The van der Waals surface area contributed by atoms with Crippen LogP contribution < -0.4 is 0 Å². The first-order valence-corrected chi connectivity index (χ1v) is 5.82. The van der Waals surface area contributed by atoms with E-state index in [0.717, 1.165) is 29.7 Å². The van der Waals surface area contributed by atoms with Gasteiger partial charge >= 0.3 is 0 Å². The smallest absolute Gasteiger partial charge is 0.151 e. The lowest BCUT2D eigenvalue weighted by Gasteiger charge is -2.04. The normalized spacial score (nSPS) is 10.5. The molecule has 2 rings (SSSR count). The Bertz CT molecular complexity index is 561. The summed E-state index contributed by atoms with van der Waals surface area (Å²) in [6, 6.07) is 5.43. The minimum atomic E-state index is 0.476. The van der Waals surface area contributed by atoms with Crippen LogP contribution in [0.1, 0.15) is 23.0 Å². The number of hydrogen-bond donors (Lipinski definition) is 0. The lowest BCUT2D eigenvalue weighted by atomic mass is 10.0. The molecule has 4 heteroatoms. The quantitative estimate of drug-likeness (QED) is 0.781. The molecule has 0 saturated heterocycles. The SMILES string of the molecule is CCn1ncc(-c2ccc(Cl)c(C=O)c2)c1C. The predicted octanol–water partition coefficient (Wildman–Crippen LogP) is 3.34. The van der Waals surface area contributed by atoms with Gasteiger partial charge in [0.15, 0.2) is 6.29 Å². The van der Waals surface area contributed by atoms with Gasteiger partial charge in [0.2, 0.25) is 0 Å². The summed E-state index contributed by atoms with van der Waals surface area (Å²) in [6.07, 6.45) is 2.59. The molecule has 0 N–H and O–H groups in total. The molecule has 0 radical (unpaired) electrons. The average Bonchev–Trinajstić information content (AvgIpc) is 2.71. The third-order valence-electron chi connectivity index (χ3n) is 2.84. The number of halogens is 1. The van der Waals surface area contributed by atoms with E-state index in [1.807, 2.05) is 30.8 Å². The maximum Gasteiger partial charge on any atom is 0.151 e. The molecule has 0 aliphatic carbocycles. The van der Waals surface area contributed by atoms with Crippen LogP contribution in [0.15, 0.2) is 24.4 Å². The van der Waals surface area contributed by atoms with E-state index in [2.05, 4.69) is 5.10 Å². The molecule has 1 aromatic carbocycles. The molecule has 0 spiro atoms. The van der Waals surface area contributed by atoms with E-state index >= 15 is 0 Å². The maximum atomic E-state index is 10.9. The largest absolute Gasteiger partial charge is 0.298 e. The summed E-state index contributed by atoms with van der Waals surface area (Å²) in [5.41, 5.74) is 3.60. The minimum absolute atomic E-state index is 0.476. The van der Waals surface area contributed by atoms with E-state index in [9.17, 15) is 4.79 Å². The first-order chi connectivity index (χ1) is 8.17. The van der Waals surface area contributed by atoms with Crippen LogP contribution in [0.5, 0.6) is 0 Å². The fourth-order valence-corrected chi connectivity index (χ4v) is 2.01. The molecule has 88 valence electrons. The highest BCUT2D eigenvalue weighted by Gasteiger charge is 2.09. The maximum absolute atomic E-state index is 10.9. The summed E-state index contributed by atoms with van der Waals surface area (Å²) in [5, 5.41) is 4.76. The Labute approximate surface area is 105 Å². The standard InChI is InChI=1S/C13H13ClN2O/c1-3-16-9(2)12(7-15-16)10-4-5-13(14)11(6-10)8-17/h4-8H,3H2,1-2H3. The number of nitrogens with zero attached hydrogens (tertiary/aromatic N) is 2. The predicted molar refractivity (Wildman–Crippen MR) is 68.5 cm³/mol. The Morgan fingerprint density at radius 3 is 2.82 bits per heavy atom. The second-order valence-electron chi connectivity index (χ2n) is 3.81. The van der Waals surface area contributed by atoms with Crippen LogP contribution in [0, 0.1) is 6.92 Å². The van der Waals surface area contributed by atoms with Crippen molar-refractivity contribution < 1.29 is 4.79 Å². The Balaban J connectivity index is 2.52. The van der Waals surface area contributed by atoms with Gasteiger partial charge in [0.25, 0.3) is 0 Å². The molecule has 1 aromatic heterocycles. The third kappa shape index (κ3) is 2.11. The molecule has 0 fully saturated rings. The van der Waals surface area contributed by atoms with Gasteiger partial charge in [0.1, 0.15) is 0 Å². The van der Waals surface area contributed by atoms with Gasteiger partial charge in [-0.1, -0.05) is 17.7 Å². The number of hydrogen-bond acceptors (Lipinski definition) is 2. The van der Waals surface area contributed by atoms with Crippen molar-refractivity contribution in [2.75, 3.05) is 0 Å². The fourth-order valence-electron chi connectivity index (χ4n) is 1.85. The Morgan fingerprint density at radius 2 is 2.24 bits per heavy atom. The lowest BCUT2D eigenvalue weighted by Crippen LogP contribution is -1.98. The molecule has 0 aliphatic heterocycles. The first kappa shape index (κ1) is 11.9. The van der Waals surface area contributed by atoms with Crippen LogP contribution in [0.25, 0.3) is 11.1 Å². The van der Waals surface area contributed by atoms with Crippen molar-refractivity contribution in [3.05, 3.63) is 40.7 Å². The zero-order valence-corrected chi connectivity index (χ0v) is 10.5. The Hall–Kier alpha value is -1.61. The second kappa shape index (κ2) is 4.72. The van der Waals surface area contributed by atoms with Crippen LogP contribution in [0.2, 0.25) is 5.02 Å². The Kier molecular flexibility index (Phi) is 3.29. The van der Waals surface area contributed by atoms with E-state index < -0.39 is 0 Å². The number of benzene rings is 1. The number of carbonyl (C=O) groups is 1. The van der Waals surface area contributed by atoms with Crippen molar-refractivity contribution in [1.82, 2.24) is 9.78 Å². The highest BCUT2D eigenvalue weighted by Crippen LogP contribution is 2.26. The van der Waals surface area contributed by atoms with E-state index in [1.165, 1.54) is 0 Å². The van der Waals surface area contributed by atoms with E-state index in [-0.39, 0.29) is 0 Å². The average molecular weight is 249 g/mol. The van der Waals surface area contributed by atoms with E-state index in [1.54, 1.807) is 12.1 Å². The van der Waals surface area contributed by atoms with Gasteiger partial charge in [0.05, 0.1) is 11.2 Å². The van der Waals surface area contributed by atoms with Gasteiger partial charge in [-0.15, -0.1) is 0 Å². The van der Waals surface area contributed by atoms with Crippen LogP contribution in [-0.4, -0.2) is 16.1 Å². The highest BCUT2D eigenvalue weighted by atomic mass is 35.5. The van der Waals surface area contributed by atoms with Crippen molar-refractivity contribution in [3.63, 3.8) is 0 Å². The molecule has 3 nitrogen and oxygen atoms in total. The fraction of sp³-hybridized carbons (Fsp3) is 0.231. The second-order valence-corrected chi connectivity index (χ2v) is 4.22. The molecule has 17 heavy (non-hydrogen) atoms. The van der Waals surface area contributed by atoms with Crippen molar-refractivity contribution in [3.8, 4) is 11.1 Å². The van der Waals surface area contributed by atoms with Gasteiger partial charge in [0, 0.05) is 23.4 Å². The Morgan fingerprint density at radius 1 is 1.47 bits per heavy atom. The molecule has 0 unspecified atom stereocenters. The van der Waals surface area contributed by atoms with Crippen LogP contribution in [0.3, 0.4) is 0 Å². The molecular formula is C13H13ClN2O. The van der Waals surface area contributed by atoms with E-state index in [0.29, 0.717) is 10.6 Å². The van der Waals surface area contributed by atoms with Gasteiger partial charge < -0.3 is 0 Å². The third-order valence-corrected chi connectivity index (χ3v) is 3.18. The van der Waals surface area contributed by atoms with Crippen LogP contribution in [-0.2, 0) is 6.54 Å². The first-order valence-electron chi connectivity index (χ1n) is 5.45. The number of aromatic nitrogens is 2. The minimum Gasteiger partial charge on any atom is -0.298 e. The van der Waals surface area contributed by atoms with Crippen molar-refractivity contribution in [2.45, 2.75) is 20.4 Å². The van der Waals surface area contributed by atoms with E-state index in [4.69, 9.17) is 11.6 Å². The molecule has 1 heterocycles. The summed E-state index contributed by atoms with van der Waals surface area (Å²) in [7, 11) is 0. The van der Waals surface area contributed by atoms with Gasteiger partial charge in [-0.2, -0.15) is 5.10 Å². The van der Waals surface area contributed by atoms with Crippen molar-refractivity contribution in [2.24, 2.45) is 0 Å². The molecule has 0 atom stereocenters. The summed E-state index contributed by atoms with van der Waals surface area (Å²) in [4.78, 5) is 10.9. The molecule has 0 amide bonds. The van der Waals surface area contributed by atoms with Gasteiger partial charge in [-0.25, -0.2) is 0 Å². The number of aryl methyl sites for hydroxylation is 1. The summed E-state index contributed by atoms with van der Waals surface area (Å²) < 4.78 is 1.92. The number of aldehydes is 1. The molecule has 0 aliphatic rings. The highest BCUT2D eigenvalue weighted by molar-refractivity contribution is 6.33. The lowest BCUT2D eigenvalue weighted by molar-refractivity contribution is 0.112. The molecular weight excluding hydrogens is 236 g/mol. The molecule has 0 saturated carbocycles. The van der Waals surface area contributed by atoms with Gasteiger partial charge in [-0.3, -0.25) is 9.48 Å². The van der Waals surface area contributed by atoms with Crippen LogP contribution >= 0.6 is 11.6 Å². The molecule has 0 bridgehead atoms. The topological polar surface area (TPSA) is 34.9 Å². The zero-order chi connectivity index (χ0) is 12.4. The number of carbonyl (C=O) groups excluding carboxylic acids is 1. The van der Waals surface area contributed by atoms with Crippen molar-refractivity contribution in [1.29, 1.82) is 0 Å². The summed E-state index contributed by atoms with van der Waals surface area (Å²) >= 11 is 5.90. The number of rotatable bonds is 3. The van der Waals surface area contributed by atoms with Gasteiger partial charge in [-0.05, 0) is 31.5 Å².